The van der Waals surface area contributed by atoms with Crippen LogP contribution in [0.2, 0.25) is 0 Å². The van der Waals surface area contributed by atoms with Crippen molar-refractivity contribution in [2.45, 2.75) is 20.0 Å². The van der Waals surface area contributed by atoms with E-state index in [1.54, 1.807) is 11.3 Å². The number of hydrogen-bond acceptors (Lipinski definition) is 5. The van der Waals surface area contributed by atoms with Gasteiger partial charge < -0.3 is 10.6 Å². The number of benzene rings is 1. The smallest absolute Gasteiger partial charge is 0.228 e. The topological polar surface area (TPSA) is 57.3 Å². The minimum absolute atomic E-state index is 0.0346. The van der Waals surface area contributed by atoms with Crippen molar-refractivity contribution in [2.75, 3.05) is 26.0 Å². The summed E-state index contributed by atoms with van der Waals surface area (Å²) in [5, 5.41) is 8.06. The van der Waals surface area contributed by atoms with Crippen molar-refractivity contribution < 1.29 is 4.79 Å². The zero-order chi connectivity index (χ0) is 16.7. The maximum atomic E-state index is 12.1. The SMILES string of the molecule is CNCC(C)C(=O)Nc1cccc(CN(C)Cc2cscn2)c1. The van der Waals surface area contributed by atoms with Gasteiger partial charge >= 0.3 is 0 Å². The Morgan fingerprint density at radius 3 is 2.91 bits per heavy atom. The van der Waals surface area contributed by atoms with Crippen molar-refractivity contribution in [3.8, 4) is 0 Å². The number of anilines is 1. The van der Waals surface area contributed by atoms with Gasteiger partial charge in [0.1, 0.15) is 0 Å². The van der Waals surface area contributed by atoms with Crippen molar-refractivity contribution >= 4 is 22.9 Å². The maximum absolute atomic E-state index is 12.1. The highest BCUT2D eigenvalue weighted by Gasteiger charge is 2.12. The van der Waals surface area contributed by atoms with E-state index in [1.807, 2.05) is 37.7 Å². The Labute approximate surface area is 141 Å². The Morgan fingerprint density at radius 1 is 1.39 bits per heavy atom. The molecule has 0 bridgehead atoms. The van der Waals surface area contributed by atoms with Crippen molar-refractivity contribution in [2.24, 2.45) is 5.92 Å². The normalized spacial score (nSPS) is 12.3. The van der Waals surface area contributed by atoms with Gasteiger partial charge in [0.15, 0.2) is 0 Å². The lowest BCUT2D eigenvalue weighted by atomic mass is 10.1. The van der Waals surface area contributed by atoms with Gasteiger partial charge in [-0.25, -0.2) is 4.98 Å². The molecule has 0 aliphatic carbocycles. The van der Waals surface area contributed by atoms with Crippen LogP contribution in [0.5, 0.6) is 0 Å². The summed E-state index contributed by atoms with van der Waals surface area (Å²) in [6, 6.07) is 8.00. The molecule has 2 aromatic rings. The lowest BCUT2D eigenvalue weighted by molar-refractivity contribution is -0.119. The zero-order valence-corrected chi connectivity index (χ0v) is 14.7. The van der Waals surface area contributed by atoms with E-state index in [4.69, 9.17) is 0 Å². The zero-order valence-electron chi connectivity index (χ0n) is 13.9. The number of amides is 1. The molecule has 0 aliphatic rings. The molecule has 0 saturated carbocycles. The maximum Gasteiger partial charge on any atom is 0.228 e. The Kier molecular flexibility index (Phi) is 6.70. The summed E-state index contributed by atoms with van der Waals surface area (Å²) in [5.74, 6) is -0.0247. The van der Waals surface area contributed by atoms with E-state index in [1.165, 1.54) is 5.56 Å². The van der Waals surface area contributed by atoms with Crippen LogP contribution in [-0.4, -0.2) is 36.4 Å². The minimum atomic E-state index is -0.0593. The molecule has 0 fully saturated rings. The molecule has 124 valence electrons. The first kappa shape index (κ1) is 17.6. The van der Waals surface area contributed by atoms with Crippen molar-refractivity contribution in [3.63, 3.8) is 0 Å². The van der Waals surface area contributed by atoms with E-state index in [-0.39, 0.29) is 11.8 Å². The highest BCUT2D eigenvalue weighted by Crippen LogP contribution is 2.14. The van der Waals surface area contributed by atoms with Crippen LogP contribution in [0.25, 0.3) is 0 Å². The Morgan fingerprint density at radius 2 is 2.22 bits per heavy atom. The molecule has 0 saturated heterocycles. The minimum Gasteiger partial charge on any atom is -0.326 e. The number of hydrogen-bond donors (Lipinski definition) is 2. The van der Waals surface area contributed by atoms with E-state index in [9.17, 15) is 4.79 Å². The molecule has 1 amide bonds. The molecule has 2 N–H and O–H groups in total. The van der Waals surface area contributed by atoms with E-state index < -0.39 is 0 Å². The first-order valence-corrected chi connectivity index (χ1v) is 8.62. The quantitative estimate of drug-likeness (QED) is 0.780. The van der Waals surface area contributed by atoms with Crippen molar-refractivity contribution in [1.82, 2.24) is 15.2 Å². The lowest BCUT2D eigenvalue weighted by Crippen LogP contribution is -2.28. The van der Waals surface area contributed by atoms with Crippen molar-refractivity contribution in [1.29, 1.82) is 0 Å². The third-order valence-electron chi connectivity index (χ3n) is 3.52. The summed E-state index contributed by atoms with van der Waals surface area (Å²) in [4.78, 5) is 18.6. The molecule has 0 spiro atoms. The molecule has 6 heteroatoms. The van der Waals surface area contributed by atoms with Crippen LogP contribution in [-0.2, 0) is 17.9 Å². The third kappa shape index (κ3) is 5.74. The van der Waals surface area contributed by atoms with Crippen LogP contribution in [0.15, 0.2) is 35.2 Å². The Balaban J connectivity index is 1.92. The molecule has 0 radical (unpaired) electrons. The molecule has 1 atom stereocenters. The lowest BCUT2D eigenvalue weighted by Gasteiger charge is -2.16. The molecule has 1 aromatic heterocycles. The van der Waals surface area contributed by atoms with Gasteiger partial charge in [0.05, 0.1) is 11.2 Å². The monoisotopic (exact) mass is 332 g/mol. The fourth-order valence-electron chi connectivity index (χ4n) is 2.37. The second-order valence-corrected chi connectivity index (χ2v) is 6.52. The van der Waals surface area contributed by atoms with Gasteiger partial charge in [-0.3, -0.25) is 9.69 Å². The average molecular weight is 332 g/mol. The third-order valence-corrected chi connectivity index (χ3v) is 4.16. The number of carbonyl (C=O) groups excluding carboxylic acids is 1. The summed E-state index contributed by atoms with van der Waals surface area (Å²) in [5.41, 5.74) is 4.95. The van der Waals surface area contributed by atoms with E-state index in [2.05, 4.69) is 39.0 Å². The molecule has 23 heavy (non-hydrogen) atoms. The van der Waals surface area contributed by atoms with Gasteiger partial charge in [0.25, 0.3) is 0 Å². The number of nitrogens with zero attached hydrogens (tertiary/aromatic N) is 2. The predicted octanol–water partition coefficient (Wildman–Crippen LogP) is 2.57. The standard InChI is InChI=1S/C17H24N4OS/c1-13(8-18-2)17(22)20-15-6-4-5-14(7-15)9-21(3)10-16-11-23-12-19-16/h4-7,11-13,18H,8-10H2,1-3H3,(H,20,22). The summed E-state index contributed by atoms with van der Waals surface area (Å²) in [6.45, 7) is 4.21. The van der Waals surface area contributed by atoms with Crippen LogP contribution in [0.3, 0.4) is 0 Å². The summed E-state index contributed by atoms with van der Waals surface area (Å²) >= 11 is 1.61. The summed E-state index contributed by atoms with van der Waals surface area (Å²) < 4.78 is 0. The molecule has 5 nitrogen and oxygen atoms in total. The van der Waals surface area contributed by atoms with Crippen LogP contribution in [0.4, 0.5) is 5.69 Å². The second-order valence-electron chi connectivity index (χ2n) is 5.80. The first-order valence-electron chi connectivity index (χ1n) is 7.68. The highest BCUT2D eigenvalue weighted by molar-refractivity contribution is 7.07. The average Bonchev–Trinajstić information content (AvgIpc) is 3.00. The fourth-order valence-corrected chi connectivity index (χ4v) is 2.92. The number of rotatable bonds is 8. The molecule has 1 unspecified atom stereocenters. The number of carbonyl (C=O) groups is 1. The number of aromatic nitrogens is 1. The Bertz CT molecular complexity index is 615. The number of nitrogens with one attached hydrogen (secondary N) is 2. The van der Waals surface area contributed by atoms with Gasteiger partial charge in [-0.05, 0) is 31.8 Å². The molecule has 1 heterocycles. The summed E-state index contributed by atoms with van der Waals surface area (Å²) in [7, 11) is 3.92. The van der Waals surface area contributed by atoms with Gasteiger partial charge in [-0.2, -0.15) is 0 Å². The van der Waals surface area contributed by atoms with Crippen LogP contribution in [0, 0.1) is 5.92 Å². The molecule has 1 aromatic carbocycles. The first-order chi connectivity index (χ1) is 11.1. The largest absolute Gasteiger partial charge is 0.326 e. The van der Waals surface area contributed by atoms with Crippen LogP contribution >= 0.6 is 11.3 Å². The molecular formula is C17H24N4OS. The molecule has 0 aliphatic heterocycles. The predicted molar refractivity (Wildman–Crippen MR) is 95.4 cm³/mol. The van der Waals surface area contributed by atoms with Crippen molar-refractivity contribution in [3.05, 3.63) is 46.4 Å². The van der Waals surface area contributed by atoms with E-state index >= 15 is 0 Å². The Hall–Kier alpha value is -1.76. The van der Waals surface area contributed by atoms with Gasteiger partial charge in [-0.15, -0.1) is 11.3 Å². The molecule has 2 rings (SSSR count). The van der Waals surface area contributed by atoms with Crippen LogP contribution in [0.1, 0.15) is 18.2 Å². The van der Waals surface area contributed by atoms with Crippen LogP contribution < -0.4 is 10.6 Å². The van der Waals surface area contributed by atoms with Gasteiger partial charge in [0.2, 0.25) is 5.91 Å². The van der Waals surface area contributed by atoms with E-state index in [0.717, 1.165) is 24.5 Å². The highest BCUT2D eigenvalue weighted by atomic mass is 32.1. The number of thiazole rings is 1. The second kappa shape index (κ2) is 8.76. The van der Waals surface area contributed by atoms with E-state index in [0.29, 0.717) is 6.54 Å². The fraction of sp³-hybridized carbons (Fsp3) is 0.412. The summed E-state index contributed by atoms with van der Waals surface area (Å²) in [6.07, 6.45) is 0. The van der Waals surface area contributed by atoms with Gasteiger partial charge in [-0.1, -0.05) is 19.1 Å². The van der Waals surface area contributed by atoms with Gasteiger partial charge in [0, 0.05) is 36.6 Å². The molecular weight excluding hydrogens is 308 g/mol.